The van der Waals surface area contributed by atoms with Gasteiger partial charge in [-0.2, -0.15) is 0 Å². The minimum atomic E-state index is -0.0412. The zero-order chi connectivity index (χ0) is 20.9. The largest absolute Gasteiger partial charge is 0.379 e. The van der Waals surface area contributed by atoms with Crippen LogP contribution in [0.15, 0.2) is 48.5 Å². The summed E-state index contributed by atoms with van der Waals surface area (Å²) in [5, 5.41) is 0.759. The number of aromatic nitrogens is 1. The van der Waals surface area contributed by atoms with Crippen LogP contribution in [-0.4, -0.2) is 55.2 Å². The molecule has 1 amide bonds. The normalized spacial score (nSPS) is 15.1. The molecule has 2 heterocycles. The highest BCUT2D eigenvalue weighted by Crippen LogP contribution is 2.32. The van der Waals surface area contributed by atoms with Gasteiger partial charge >= 0.3 is 0 Å². The van der Waals surface area contributed by atoms with Gasteiger partial charge in [-0.05, 0) is 42.7 Å². The van der Waals surface area contributed by atoms with Gasteiger partial charge in [0.2, 0.25) is 0 Å². The number of carbonyl (C=O) groups excluding carboxylic acids is 1. The van der Waals surface area contributed by atoms with Crippen molar-refractivity contribution in [2.45, 2.75) is 13.8 Å². The van der Waals surface area contributed by atoms with Gasteiger partial charge in [0.1, 0.15) is 0 Å². The maximum Gasteiger partial charge on any atom is 0.252 e. The Morgan fingerprint density at radius 2 is 1.93 bits per heavy atom. The molecule has 1 saturated heterocycles. The fraction of sp³-hybridized carbons (Fsp3) is 0.333. The number of amides is 1. The molecule has 3 aromatic rings. The van der Waals surface area contributed by atoms with Crippen molar-refractivity contribution in [2.75, 3.05) is 44.3 Å². The average molecular weight is 422 g/mol. The van der Waals surface area contributed by atoms with Crippen LogP contribution >= 0.6 is 11.3 Å². The molecule has 5 nitrogen and oxygen atoms in total. The SMILES string of the molecule is Cc1ccc2sc(N(CCN3CCOCC3)C(=O)/C=C/c3ccccc3)nc2c1C. The Kier molecular flexibility index (Phi) is 6.57. The molecule has 30 heavy (non-hydrogen) atoms. The number of hydrogen-bond acceptors (Lipinski definition) is 5. The molecular formula is C24H27N3O2S. The Balaban J connectivity index is 1.60. The molecule has 0 unspecified atom stereocenters. The minimum absolute atomic E-state index is 0.0412. The quantitative estimate of drug-likeness (QED) is 0.557. The van der Waals surface area contributed by atoms with E-state index in [1.165, 1.54) is 11.1 Å². The summed E-state index contributed by atoms with van der Waals surface area (Å²) in [6.07, 6.45) is 3.52. The number of nitrogens with zero attached hydrogens (tertiary/aromatic N) is 3. The zero-order valence-corrected chi connectivity index (χ0v) is 18.3. The second-order valence-electron chi connectivity index (χ2n) is 7.54. The van der Waals surface area contributed by atoms with Crippen molar-refractivity contribution in [3.05, 3.63) is 65.2 Å². The van der Waals surface area contributed by atoms with E-state index < -0.39 is 0 Å². The van der Waals surface area contributed by atoms with Crippen LogP contribution in [0.25, 0.3) is 16.3 Å². The Labute approximate surface area is 181 Å². The lowest BCUT2D eigenvalue weighted by atomic mass is 10.1. The highest BCUT2D eigenvalue weighted by atomic mass is 32.1. The number of ether oxygens (including phenoxy) is 1. The van der Waals surface area contributed by atoms with Crippen LogP contribution in [0.5, 0.6) is 0 Å². The van der Waals surface area contributed by atoms with Gasteiger partial charge in [-0.15, -0.1) is 0 Å². The van der Waals surface area contributed by atoms with Crippen molar-refractivity contribution >= 4 is 38.7 Å². The van der Waals surface area contributed by atoms with Crippen LogP contribution in [0.4, 0.5) is 5.13 Å². The Morgan fingerprint density at radius 1 is 1.17 bits per heavy atom. The van der Waals surface area contributed by atoms with Crippen molar-refractivity contribution < 1.29 is 9.53 Å². The third kappa shape index (κ3) is 4.78. The first-order chi connectivity index (χ1) is 14.6. The lowest BCUT2D eigenvalue weighted by molar-refractivity contribution is -0.114. The number of thiazole rings is 1. The molecule has 156 valence electrons. The Morgan fingerprint density at radius 3 is 2.70 bits per heavy atom. The predicted octanol–water partition coefficient (Wildman–Crippen LogP) is 4.29. The Hall–Kier alpha value is -2.54. The number of anilines is 1. The van der Waals surface area contributed by atoms with Crippen LogP contribution < -0.4 is 4.90 Å². The number of hydrogen-bond donors (Lipinski definition) is 0. The summed E-state index contributed by atoms with van der Waals surface area (Å²) >= 11 is 1.58. The molecule has 1 aromatic heterocycles. The van der Waals surface area contributed by atoms with Gasteiger partial charge in [0.15, 0.2) is 5.13 Å². The van der Waals surface area contributed by atoms with E-state index in [4.69, 9.17) is 9.72 Å². The molecule has 1 aliphatic rings. The number of aryl methyl sites for hydroxylation is 2. The van der Waals surface area contributed by atoms with Gasteiger partial charge < -0.3 is 4.74 Å². The molecule has 2 aromatic carbocycles. The summed E-state index contributed by atoms with van der Waals surface area (Å²) in [4.78, 5) is 22.2. The second kappa shape index (κ2) is 9.51. The average Bonchev–Trinajstić information content (AvgIpc) is 3.21. The van der Waals surface area contributed by atoms with Crippen LogP contribution in [-0.2, 0) is 9.53 Å². The van der Waals surface area contributed by atoms with E-state index in [1.54, 1.807) is 17.4 Å². The lowest BCUT2D eigenvalue weighted by Gasteiger charge is -2.28. The van der Waals surface area contributed by atoms with E-state index in [-0.39, 0.29) is 5.91 Å². The Bertz CT molecular complexity index is 1040. The van der Waals surface area contributed by atoms with Crippen LogP contribution in [0, 0.1) is 13.8 Å². The molecular weight excluding hydrogens is 394 g/mol. The van der Waals surface area contributed by atoms with E-state index in [0.29, 0.717) is 6.54 Å². The summed E-state index contributed by atoms with van der Waals surface area (Å²) < 4.78 is 6.56. The number of fused-ring (bicyclic) bond motifs is 1. The fourth-order valence-electron chi connectivity index (χ4n) is 3.52. The van der Waals surface area contributed by atoms with Crippen molar-refractivity contribution in [2.24, 2.45) is 0 Å². The van der Waals surface area contributed by atoms with Crippen LogP contribution in [0.2, 0.25) is 0 Å². The molecule has 4 rings (SSSR count). The zero-order valence-electron chi connectivity index (χ0n) is 17.5. The second-order valence-corrected chi connectivity index (χ2v) is 8.55. The summed E-state index contributed by atoms with van der Waals surface area (Å²) in [7, 11) is 0. The van der Waals surface area contributed by atoms with E-state index in [1.807, 2.05) is 41.3 Å². The van der Waals surface area contributed by atoms with Crippen molar-refractivity contribution in [1.29, 1.82) is 0 Å². The molecule has 0 N–H and O–H groups in total. The first kappa shape index (κ1) is 20.7. The summed E-state index contributed by atoms with van der Waals surface area (Å²) in [6.45, 7) is 8.91. The lowest BCUT2D eigenvalue weighted by Crippen LogP contribution is -2.42. The predicted molar refractivity (Wildman–Crippen MR) is 124 cm³/mol. The van der Waals surface area contributed by atoms with Gasteiger partial charge in [-0.1, -0.05) is 47.7 Å². The summed E-state index contributed by atoms with van der Waals surface area (Å²) in [5.41, 5.74) is 4.39. The first-order valence-electron chi connectivity index (χ1n) is 10.3. The molecule has 0 radical (unpaired) electrons. The minimum Gasteiger partial charge on any atom is -0.379 e. The van der Waals surface area contributed by atoms with Gasteiger partial charge in [-0.25, -0.2) is 4.98 Å². The number of rotatable bonds is 6. The molecule has 6 heteroatoms. The summed E-state index contributed by atoms with van der Waals surface area (Å²) in [6, 6.07) is 14.1. The fourth-order valence-corrected chi connectivity index (χ4v) is 4.57. The molecule has 1 fully saturated rings. The number of morpholine rings is 1. The van der Waals surface area contributed by atoms with Crippen molar-refractivity contribution in [3.8, 4) is 0 Å². The maximum atomic E-state index is 13.2. The monoisotopic (exact) mass is 421 g/mol. The van der Waals surface area contributed by atoms with E-state index in [0.717, 1.165) is 53.8 Å². The highest BCUT2D eigenvalue weighted by Gasteiger charge is 2.20. The smallest absolute Gasteiger partial charge is 0.252 e. The van der Waals surface area contributed by atoms with Crippen molar-refractivity contribution in [1.82, 2.24) is 9.88 Å². The van der Waals surface area contributed by atoms with Gasteiger partial charge in [-0.3, -0.25) is 14.6 Å². The van der Waals surface area contributed by atoms with Gasteiger partial charge in [0, 0.05) is 32.3 Å². The van der Waals surface area contributed by atoms with E-state index in [9.17, 15) is 4.79 Å². The number of carbonyl (C=O) groups is 1. The summed E-state index contributed by atoms with van der Waals surface area (Å²) in [5.74, 6) is -0.0412. The maximum absolute atomic E-state index is 13.2. The highest BCUT2D eigenvalue weighted by molar-refractivity contribution is 7.22. The van der Waals surface area contributed by atoms with Gasteiger partial charge in [0.05, 0.1) is 23.4 Å². The van der Waals surface area contributed by atoms with E-state index in [2.05, 4.69) is 30.9 Å². The van der Waals surface area contributed by atoms with Crippen molar-refractivity contribution in [3.63, 3.8) is 0 Å². The van der Waals surface area contributed by atoms with Crippen LogP contribution in [0.1, 0.15) is 16.7 Å². The third-order valence-electron chi connectivity index (χ3n) is 5.53. The third-order valence-corrected chi connectivity index (χ3v) is 6.58. The van der Waals surface area contributed by atoms with Gasteiger partial charge in [0.25, 0.3) is 5.91 Å². The van der Waals surface area contributed by atoms with E-state index >= 15 is 0 Å². The molecule has 0 saturated carbocycles. The molecule has 0 bridgehead atoms. The van der Waals surface area contributed by atoms with Crippen LogP contribution in [0.3, 0.4) is 0 Å². The molecule has 0 spiro atoms. The molecule has 0 atom stereocenters. The topological polar surface area (TPSA) is 45.7 Å². The first-order valence-corrected chi connectivity index (χ1v) is 11.1. The molecule has 1 aliphatic heterocycles. The standard InChI is InChI=1S/C24H27N3O2S/c1-18-8-10-21-23(19(18)2)25-24(30-21)27(13-12-26-14-16-29-17-15-26)22(28)11-9-20-6-4-3-5-7-20/h3-11H,12-17H2,1-2H3/b11-9+. The number of benzene rings is 2. The molecule has 0 aliphatic carbocycles.